The van der Waals surface area contributed by atoms with Crippen LogP contribution in [0, 0.1) is 0 Å². The molecule has 1 atom stereocenters. The van der Waals surface area contributed by atoms with Gasteiger partial charge in [0.1, 0.15) is 0 Å². The minimum Gasteiger partial charge on any atom is -0.399 e. The van der Waals surface area contributed by atoms with Gasteiger partial charge in [0, 0.05) is 17.9 Å². The van der Waals surface area contributed by atoms with Gasteiger partial charge in [0.2, 0.25) is 0 Å². The molecule has 0 saturated carbocycles. The highest BCUT2D eigenvalue weighted by molar-refractivity contribution is 7.74. The van der Waals surface area contributed by atoms with E-state index in [-0.39, 0.29) is 6.61 Å². The minimum absolute atomic E-state index is 0.255. The highest BCUT2D eigenvalue weighted by Gasteiger charge is 1.94. The largest absolute Gasteiger partial charge is 0.399 e. The van der Waals surface area contributed by atoms with E-state index in [1.54, 1.807) is 0 Å². The number of nitrogens with one attached hydrogen (secondary N) is 1. The SMILES string of the molecule is Nc1ccc(NCCCOS(=O)O)cc1. The molecule has 0 spiro atoms. The third kappa shape index (κ3) is 5.36. The molecule has 1 aromatic rings. The number of nitrogen functional groups attached to an aromatic ring is 1. The Morgan fingerprint density at radius 2 is 2.07 bits per heavy atom. The summed E-state index contributed by atoms with van der Waals surface area (Å²) < 4.78 is 22.9. The van der Waals surface area contributed by atoms with Crippen LogP contribution in [0.25, 0.3) is 0 Å². The maximum Gasteiger partial charge on any atom is 0.301 e. The minimum atomic E-state index is -2.16. The number of hydrogen-bond acceptors (Lipinski definition) is 4. The molecule has 0 heterocycles. The Hall–Kier alpha value is -1.11. The van der Waals surface area contributed by atoms with Gasteiger partial charge in [0.15, 0.2) is 0 Å². The third-order valence-corrected chi connectivity index (χ3v) is 2.11. The molecule has 1 aromatic carbocycles. The van der Waals surface area contributed by atoms with E-state index in [2.05, 4.69) is 9.50 Å². The molecule has 0 aliphatic rings. The van der Waals surface area contributed by atoms with E-state index in [0.717, 1.165) is 11.4 Å². The second-order valence-corrected chi connectivity index (χ2v) is 3.61. The van der Waals surface area contributed by atoms with E-state index < -0.39 is 11.4 Å². The van der Waals surface area contributed by atoms with E-state index in [9.17, 15) is 4.21 Å². The molecular formula is C9H14N2O3S. The van der Waals surface area contributed by atoms with Crippen molar-refractivity contribution < 1.29 is 12.9 Å². The van der Waals surface area contributed by atoms with Crippen LogP contribution < -0.4 is 11.1 Å². The zero-order valence-corrected chi connectivity index (χ0v) is 9.00. The van der Waals surface area contributed by atoms with Crippen molar-refractivity contribution in [1.29, 1.82) is 0 Å². The van der Waals surface area contributed by atoms with Crippen molar-refractivity contribution in [2.75, 3.05) is 24.2 Å². The predicted molar refractivity (Wildman–Crippen MR) is 60.7 cm³/mol. The molecule has 0 aliphatic heterocycles. The maximum atomic E-state index is 10.1. The first-order valence-electron chi connectivity index (χ1n) is 4.52. The Balaban J connectivity index is 2.15. The zero-order valence-electron chi connectivity index (χ0n) is 8.18. The Kier molecular flexibility index (Phi) is 5.09. The van der Waals surface area contributed by atoms with E-state index >= 15 is 0 Å². The molecule has 0 amide bonds. The van der Waals surface area contributed by atoms with Crippen LogP contribution in [0.3, 0.4) is 0 Å². The number of anilines is 2. The van der Waals surface area contributed by atoms with Gasteiger partial charge in [-0.1, -0.05) is 0 Å². The van der Waals surface area contributed by atoms with Crippen LogP contribution in [0.5, 0.6) is 0 Å². The Morgan fingerprint density at radius 1 is 1.40 bits per heavy atom. The van der Waals surface area contributed by atoms with Gasteiger partial charge >= 0.3 is 11.4 Å². The normalized spacial score (nSPS) is 12.3. The van der Waals surface area contributed by atoms with Crippen LogP contribution in [-0.4, -0.2) is 21.9 Å². The summed E-state index contributed by atoms with van der Waals surface area (Å²) >= 11 is -2.16. The van der Waals surface area contributed by atoms with E-state index in [1.807, 2.05) is 24.3 Å². The Labute approximate surface area is 91.1 Å². The van der Waals surface area contributed by atoms with Crippen molar-refractivity contribution >= 4 is 22.7 Å². The third-order valence-electron chi connectivity index (χ3n) is 1.75. The molecule has 0 aliphatic carbocycles. The first-order chi connectivity index (χ1) is 7.18. The van der Waals surface area contributed by atoms with Crippen molar-refractivity contribution in [2.45, 2.75) is 6.42 Å². The molecule has 1 unspecified atom stereocenters. The number of nitrogens with two attached hydrogens (primary N) is 1. The van der Waals surface area contributed by atoms with Gasteiger partial charge in [0.05, 0.1) is 6.61 Å². The molecule has 0 bridgehead atoms. The topological polar surface area (TPSA) is 84.6 Å². The summed E-state index contributed by atoms with van der Waals surface area (Å²) in [5.74, 6) is 0. The lowest BCUT2D eigenvalue weighted by Gasteiger charge is -2.05. The van der Waals surface area contributed by atoms with Crippen LogP contribution in [0.2, 0.25) is 0 Å². The average molecular weight is 230 g/mol. The maximum absolute atomic E-state index is 10.1. The van der Waals surface area contributed by atoms with Crippen LogP contribution in [0.1, 0.15) is 6.42 Å². The van der Waals surface area contributed by atoms with Crippen molar-refractivity contribution in [3.05, 3.63) is 24.3 Å². The first kappa shape index (κ1) is 12.0. The van der Waals surface area contributed by atoms with Crippen molar-refractivity contribution in [1.82, 2.24) is 0 Å². The fraction of sp³-hybridized carbons (Fsp3) is 0.333. The van der Waals surface area contributed by atoms with Crippen LogP contribution in [0.15, 0.2) is 24.3 Å². The summed E-state index contributed by atoms with van der Waals surface area (Å²) in [4.78, 5) is 0. The zero-order chi connectivity index (χ0) is 11.1. The molecule has 5 nitrogen and oxygen atoms in total. The van der Waals surface area contributed by atoms with Crippen LogP contribution in [0.4, 0.5) is 11.4 Å². The van der Waals surface area contributed by atoms with Gasteiger partial charge < -0.3 is 11.1 Å². The molecule has 84 valence electrons. The van der Waals surface area contributed by atoms with Crippen molar-refractivity contribution in [3.63, 3.8) is 0 Å². The van der Waals surface area contributed by atoms with Gasteiger partial charge in [-0.3, -0.25) is 8.74 Å². The van der Waals surface area contributed by atoms with Crippen LogP contribution in [-0.2, 0) is 15.5 Å². The lowest BCUT2D eigenvalue weighted by molar-refractivity contribution is 0.305. The predicted octanol–water partition coefficient (Wildman–Crippen LogP) is 1.22. The van der Waals surface area contributed by atoms with Crippen LogP contribution >= 0.6 is 0 Å². The molecule has 0 aromatic heterocycles. The Morgan fingerprint density at radius 3 is 2.67 bits per heavy atom. The summed E-state index contributed by atoms with van der Waals surface area (Å²) in [7, 11) is 0. The summed E-state index contributed by atoms with van der Waals surface area (Å²) in [5.41, 5.74) is 7.22. The van der Waals surface area contributed by atoms with Gasteiger partial charge in [-0.15, -0.1) is 0 Å². The summed E-state index contributed by atoms with van der Waals surface area (Å²) in [6, 6.07) is 7.37. The second kappa shape index (κ2) is 6.39. The van der Waals surface area contributed by atoms with Gasteiger partial charge in [-0.25, -0.2) is 0 Å². The average Bonchev–Trinajstić information content (AvgIpc) is 2.20. The monoisotopic (exact) mass is 230 g/mol. The summed E-state index contributed by atoms with van der Waals surface area (Å²) in [6.07, 6.45) is 0.663. The van der Waals surface area contributed by atoms with E-state index in [1.165, 1.54) is 0 Å². The number of hydrogen-bond donors (Lipinski definition) is 3. The van der Waals surface area contributed by atoms with Crippen molar-refractivity contribution in [3.8, 4) is 0 Å². The molecule has 4 N–H and O–H groups in total. The van der Waals surface area contributed by atoms with Gasteiger partial charge in [-0.05, 0) is 30.7 Å². The molecular weight excluding hydrogens is 216 g/mol. The number of benzene rings is 1. The van der Waals surface area contributed by atoms with Crippen molar-refractivity contribution in [2.24, 2.45) is 0 Å². The molecule has 1 rings (SSSR count). The molecule has 6 heteroatoms. The fourth-order valence-electron chi connectivity index (χ4n) is 1.04. The highest BCUT2D eigenvalue weighted by atomic mass is 32.2. The fourth-order valence-corrected chi connectivity index (χ4v) is 1.30. The van der Waals surface area contributed by atoms with E-state index in [0.29, 0.717) is 13.0 Å². The lowest BCUT2D eigenvalue weighted by atomic mass is 10.3. The lowest BCUT2D eigenvalue weighted by Crippen LogP contribution is -2.06. The molecule has 0 fully saturated rings. The highest BCUT2D eigenvalue weighted by Crippen LogP contribution is 2.09. The standard InChI is InChI=1S/C9H14N2O3S/c10-8-2-4-9(5-3-8)11-6-1-7-14-15(12)13/h2-5,11H,1,6-7,10H2,(H,12,13). The molecule has 0 saturated heterocycles. The smallest absolute Gasteiger partial charge is 0.301 e. The quantitative estimate of drug-likeness (QED) is 0.389. The van der Waals surface area contributed by atoms with Gasteiger partial charge in [0.25, 0.3) is 0 Å². The summed E-state index contributed by atoms with van der Waals surface area (Å²) in [6.45, 7) is 0.937. The molecule has 15 heavy (non-hydrogen) atoms. The van der Waals surface area contributed by atoms with Gasteiger partial charge in [-0.2, -0.15) is 4.21 Å². The Bertz CT molecular complexity index is 316. The molecule has 0 radical (unpaired) electrons. The first-order valence-corrected chi connectivity index (χ1v) is 5.55. The number of rotatable bonds is 6. The summed E-state index contributed by atoms with van der Waals surface area (Å²) in [5, 5.41) is 3.13. The van der Waals surface area contributed by atoms with E-state index in [4.69, 9.17) is 10.3 Å². The second-order valence-electron chi connectivity index (χ2n) is 2.94.